The Morgan fingerprint density at radius 2 is 2.22 bits per heavy atom. The van der Waals surface area contributed by atoms with E-state index in [0.29, 0.717) is 0 Å². The van der Waals surface area contributed by atoms with Crippen molar-refractivity contribution in [3.63, 3.8) is 0 Å². The molecular weight excluding hydrogens is 279 g/mol. The van der Waals surface area contributed by atoms with Crippen molar-refractivity contribution in [2.75, 3.05) is 0 Å². The Morgan fingerprint density at radius 3 is 2.72 bits per heavy atom. The number of carbonyl (C=O) groups excluding carboxylic acids is 1. The van der Waals surface area contributed by atoms with Gasteiger partial charge in [0.05, 0.1) is 11.2 Å². The highest BCUT2D eigenvalue weighted by Gasteiger charge is 2.15. The summed E-state index contributed by atoms with van der Waals surface area (Å²) in [6.45, 7) is 0.995. The van der Waals surface area contributed by atoms with Crippen LogP contribution in [-0.4, -0.2) is 15.6 Å². The highest BCUT2D eigenvalue weighted by molar-refractivity contribution is 6.41. The summed E-state index contributed by atoms with van der Waals surface area (Å²) in [5.74, 6) is -0.620. The standard InChI is InChI=1S/C10H8Cl2N4O2/c1-5(14)6(2-13)8(17)4-16-10(18)9(12)7(11)3-15-16/h3H,4,14H2,1H3/b6-5-. The Labute approximate surface area is 112 Å². The summed E-state index contributed by atoms with van der Waals surface area (Å²) < 4.78 is 0.816. The molecule has 1 rings (SSSR count). The van der Waals surface area contributed by atoms with Crippen molar-refractivity contribution in [3.05, 3.63) is 37.9 Å². The molecule has 0 spiro atoms. The molecule has 0 fully saturated rings. The second-order valence-electron chi connectivity index (χ2n) is 3.36. The number of allylic oxidation sites excluding steroid dienone is 2. The highest BCUT2D eigenvalue weighted by Crippen LogP contribution is 2.14. The Balaban J connectivity index is 3.12. The number of hydrogen-bond donors (Lipinski definition) is 1. The zero-order chi connectivity index (χ0) is 13.9. The number of Topliss-reactive ketones (excluding diaryl/α,β-unsaturated/α-hetero) is 1. The van der Waals surface area contributed by atoms with Gasteiger partial charge in [0.25, 0.3) is 5.56 Å². The van der Waals surface area contributed by atoms with Crippen LogP contribution < -0.4 is 11.3 Å². The number of halogens is 2. The van der Waals surface area contributed by atoms with E-state index in [9.17, 15) is 9.59 Å². The minimum atomic E-state index is -0.704. The second-order valence-corrected chi connectivity index (χ2v) is 4.15. The van der Waals surface area contributed by atoms with Crippen molar-refractivity contribution >= 4 is 29.0 Å². The minimum absolute atomic E-state index is 0.00331. The van der Waals surface area contributed by atoms with Crippen LogP contribution in [0.15, 0.2) is 22.3 Å². The maximum atomic E-state index is 11.7. The number of ketones is 1. The van der Waals surface area contributed by atoms with E-state index in [0.717, 1.165) is 10.9 Å². The highest BCUT2D eigenvalue weighted by atomic mass is 35.5. The van der Waals surface area contributed by atoms with Gasteiger partial charge in [0.15, 0.2) is 5.78 Å². The van der Waals surface area contributed by atoms with Gasteiger partial charge in [-0.15, -0.1) is 0 Å². The minimum Gasteiger partial charge on any atom is -0.401 e. The lowest BCUT2D eigenvalue weighted by Crippen LogP contribution is -2.28. The monoisotopic (exact) mass is 286 g/mol. The molecule has 0 aliphatic heterocycles. The number of aromatic nitrogens is 2. The first-order valence-electron chi connectivity index (χ1n) is 4.69. The predicted octanol–water partition coefficient (Wildman–Crippen LogP) is 0.875. The second kappa shape index (κ2) is 5.67. The molecule has 2 N–H and O–H groups in total. The maximum Gasteiger partial charge on any atom is 0.287 e. The molecule has 1 heterocycles. The quantitative estimate of drug-likeness (QED) is 0.656. The van der Waals surface area contributed by atoms with E-state index in [1.165, 1.54) is 6.92 Å². The zero-order valence-electron chi connectivity index (χ0n) is 9.28. The molecule has 0 unspecified atom stereocenters. The lowest BCUT2D eigenvalue weighted by Gasteiger charge is -2.04. The summed E-state index contributed by atoms with van der Waals surface area (Å²) in [6, 6.07) is 1.67. The van der Waals surface area contributed by atoms with Gasteiger partial charge in [0, 0.05) is 5.70 Å². The van der Waals surface area contributed by atoms with Crippen molar-refractivity contribution in [2.24, 2.45) is 5.73 Å². The summed E-state index contributed by atoms with van der Waals surface area (Å²) in [7, 11) is 0. The first-order valence-corrected chi connectivity index (χ1v) is 5.44. The predicted molar refractivity (Wildman–Crippen MR) is 66.0 cm³/mol. The molecule has 0 aliphatic carbocycles. The molecule has 0 bridgehead atoms. The molecule has 1 aromatic rings. The van der Waals surface area contributed by atoms with Crippen molar-refractivity contribution in [1.82, 2.24) is 9.78 Å². The van der Waals surface area contributed by atoms with E-state index >= 15 is 0 Å². The lowest BCUT2D eigenvalue weighted by atomic mass is 10.1. The molecule has 0 saturated carbocycles. The van der Waals surface area contributed by atoms with Crippen LogP contribution in [0.3, 0.4) is 0 Å². The molecule has 0 atom stereocenters. The van der Waals surface area contributed by atoms with Gasteiger partial charge in [-0.1, -0.05) is 23.2 Å². The van der Waals surface area contributed by atoms with Crippen LogP contribution >= 0.6 is 23.2 Å². The van der Waals surface area contributed by atoms with Crippen LogP contribution in [0.25, 0.3) is 0 Å². The summed E-state index contributed by atoms with van der Waals surface area (Å²) >= 11 is 11.2. The van der Waals surface area contributed by atoms with Crippen molar-refractivity contribution < 1.29 is 4.79 Å². The van der Waals surface area contributed by atoms with Crippen LogP contribution in [0.2, 0.25) is 10.0 Å². The topological polar surface area (TPSA) is 102 Å². The normalized spacial score (nSPS) is 11.7. The smallest absolute Gasteiger partial charge is 0.287 e. The Bertz CT molecular complexity index is 624. The molecule has 1 aromatic heterocycles. The number of nitrogens with two attached hydrogens (primary N) is 1. The number of hydrogen-bond acceptors (Lipinski definition) is 5. The fourth-order valence-corrected chi connectivity index (χ4v) is 1.41. The summed E-state index contributed by atoms with van der Waals surface area (Å²) in [5, 5.41) is 12.2. The van der Waals surface area contributed by atoms with Crippen LogP contribution in [0.1, 0.15) is 6.92 Å². The first kappa shape index (κ1) is 14.2. The van der Waals surface area contributed by atoms with Gasteiger partial charge in [-0.2, -0.15) is 10.4 Å². The van der Waals surface area contributed by atoms with E-state index in [2.05, 4.69) is 5.10 Å². The van der Waals surface area contributed by atoms with Crippen molar-refractivity contribution in [1.29, 1.82) is 5.26 Å². The molecule has 0 amide bonds. The third-order valence-corrected chi connectivity index (χ3v) is 2.77. The molecule has 94 valence electrons. The van der Waals surface area contributed by atoms with E-state index in [1.807, 2.05) is 0 Å². The first-order chi connectivity index (χ1) is 8.38. The molecule has 0 aliphatic rings. The number of rotatable bonds is 3. The molecule has 0 saturated heterocycles. The largest absolute Gasteiger partial charge is 0.401 e. The van der Waals surface area contributed by atoms with Gasteiger partial charge < -0.3 is 5.73 Å². The number of nitrogens with zero attached hydrogens (tertiary/aromatic N) is 3. The number of carbonyl (C=O) groups is 1. The maximum absolute atomic E-state index is 11.7. The molecule has 18 heavy (non-hydrogen) atoms. The van der Waals surface area contributed by atoms with Crippen molar-refractivity contribution in [3.8, 4) is 6.07 Å². The number of nitriles is 1. The molecule has 8 heteroatoms. The fraction of sp³-hybridized carbons (Fsp3) is 0.200. The average Bonchev–Trinajstić information content (AvgIpc) is 2.30. The van der Waals surface area contributed by atoms with E-state index in [-0.39, 0.29) is 21.3 Å². The Hall–Kier alpha value is -1.84. The third kappa shape index (κ3) is 2.88. The summed E-state index contributed by atoms with van der Waals surface area (Å²) in [6.07, 6.45) is 1.14. The lowest BCUT2D eigenvalue weighted by molar-refractivity contribution is -0.116. The van der Waals surface area contributed by atoms with Crippen LogP contribution in [0.4, 0.5) is 0 Å². The fourth-order valence-electron chi connectivity index (χ4n) is 1.14. The average molecular weight is 287 g/mol. The van der Waals surface area contributed by atoms with E-state index < -0.39 is 17.9 Å². The molecule has 0 radical (unpaired) electrons. The van der Waals surface area contributed by atoms with E-state index in [1.54, 1.807) is 6.07 Å². The van der Waals surface area contributed by atoms with Gasteiger partial charge in [-0.25, -0.2) is 4.68 Å². The van der Waals surface area contributed by atoms with Crippen LogP contribution in [0, 0.1) is 11.3 Å². The van der Waals surface area contributed by atoms with E-state index in [4.69, 9.17) is 34.2 Å². The van der Waals surface area contributed by atoms with Gasteiger partial charge >= 0.3 is 0 Å². The molecular formula is C10H8Cl2N4O2. The summed E-state index contributed by atoms with van der Waals surface area (Å²) in [4.78, 5) is 23.3. The van der Waals surface area contributed by atoms with Crippen LogP contribution in [0.5, 0.6) is 0 Å². The van der Waals surface area contributed by atoms with Gasteiger partial charge in [0.2, 0.25) is 0 Å². The third-order valence-electron chi connectivity index (χ3n) is 2.02. The van der Waals surface area contributed by atoms with Crippen molar-refractivity contribution in [2.45, 2.75) is 13.5 Å². The Morgan fingerprint density at radius 1 is 1.61 bits per heavy atom. The van der Waals surface area contributed by atoms with Gasteiger partial charge in [-0.3, -0.25) is 9.59 Å². The van der Waals surface area contributed by atoms with Crippen LogP contribution in [-0.2, 0) is 11.3 Å². The molecule has 0 aromatic carbocycles. The SMILES string of the molecule is C/C(N)=C(\C#N)C(=O)Cn1ncc(Cl)c(Cl)c1=O. The van der Waals surface area contributed by atoms with Gasteiger partial charge in [0.1, 0.15) is 23.2 Å². The zero-order valence-corrected chi connectivity index (χ0v) is 10.8. The summed E-state index contributed by atoms with van der Waals surface area (Å²) in [5.41, 5.74) is 4.54. The Kier molecular flexibility index (Phi) is 4.48. The molecule has 6 nitrogen and oxygen atoms in total. The van der Waals surface area contributed by atoms with Gasteiger partial charge in [-0.05, 0) is 6.92 Å².